The first-order chi connectivity index (χ1) is 9.40. The van der Waals surface area contributed by atoms with Crippen molar-refractivity contribution in [2.45, 2.75) is 19.9 Å². The Kier molecular flexibility index (Phi) is 5.04. The van der Waals surface area contributed by atoms with Crippen LogP contribution in [0.2, 0.25) is 0 Å². The second kappa shape index (κ2) is 6.41. The monoisotopic (exact) mass is 415 g/mol. The number of rotatable bonds is 3. The van der Waals surface area contributed by atoms with E-state index in [2.05, 4.69) is 63.0 Å². The number of carbonyl (C=O) groups excluding carboxylic acids is 1. The van der Waals surface area contributed by atoms with Gasteiger partial charge in [-0.25, -0.2) is 0 Å². The molecule has 0 fully saturated rings. The largest absolute Gasteiger partial charge is 0.335 e. The molecule has 20 heavy (non-hydrogen) atoms. The van der Waals surface area contributed by atoms with Crippen molar-refractivity contribution in [2.75, 3.05) is 7.05 Å². The number of hydrogen-bond donors (Lipinski definition) is 0. The van der Waals surface area contributed by atoms with E-state index in [4.69, 9.17) is 0 Å². The number of nitrogens with zero attached hydrogens (tertiary/aromatic N) is 1. The van der Waals surface area contributed by atoms with E-state index in [1.807, 2.05) is 20.0 Å². The van der Waals surface area contributed by atoms with Gasteiger partial charge in [-0.3, -0.25) is 4.79 Å². The molecule has 0 aliphatic rings. The van der Waals surface area contributed by atoms with Crippen LogP contribution >= 0.6 is 43.2 Å². The van der Waals surface area contributed by atoms with Gasteiger partial charge in [0, 0.05) is 7.05 Å². The van der Waals surface area contributed by atoms with Crippen LogP contribution in [0.4, 0.5) is 0 Å². The summed E-state index contributed by atoms with van der Waals surface area (Å²) in [5, 5.41) is 0. The van der Waals surface area contributed by atoms with E-state index in [9.17, 15) is 4.79 Å². The van der Waals surface area contributed by atoms with E-state index in [0.29, 0.717) is 5.56 Å². The Balaban J connectivity index is 2.22. The third-order valence-corrected chi connectivity index (χ3v) is 5.69. The predicted octanol–water partition coefficient (Wildman–Crippen LogP) is 5.41. The number of carbonyl (C=O) groups is 1. The summed E-state index contributed by atoms with van der Waals surface area (Å²) in [6.07, 6.45) is 0. The van der Waals surface area contributed by atoms with Crippen LogP contribution in [0, 0.1) is 6.92 Å². The fraction of sp³-hybridized carbons (Fsp3) is 0.267. The molecule has 2 nitrogen and oxygen atoms in total. The van der Waals surface area contributed by atoms with Gasteiger partial charge in [0.05, 0.1) is 19.2 Å². The highest BCUT2D eigenvalue weighted by Gasteiger charge is 2.22. The Morgan fingerprint density at radius 1 is 1.25 bits per heavy atom. The smallest absolute Gasteiger partial charge is 0.256 e. The molecule has 0 saturated carbocycles. The molecule has 2 aromatic rings. The molecule has 106 valence electrons. The lowest BCUT2D eigenvalue weighted by Crippen LogP contribution is -2.29. The van der Waals surface area contributed by atoms with E-state index in [0.717, 1.165) is 13.1 Å². The maximum absolute atomic E-state index is 12.5. The van der Waals surface area contributed by atoms with Crippen molar-refractivity contribution in [3.63, 3.8) is 0 Å². The summed E-state index contributed by atoms with van der Waals surface area (Å²) < 4.78 is 1.81. The Morgan fingerprint density at radius 3 is 2.35 bits per heavy atom. The first kappa shape index (κ1) is 15.7. The van der Waals surface area contributed by atoms with E-state index < -0.39 is 0 Å². The molecule has 0 aliphatic carbocycles. The lowest BCUT2D eigenvalue weighted by molar-refractivity contribution is 0.0742. The first-order valence-electron chi connectivity index (χ1n) is 6.18. The van der Waals surface area contributed by atoms with Crippen molar-refractivity contribution >= 4 is 49.1 Å². The molecule has 0 saturated heterocycles. The fourth-order valence-corrected chi connectivity index (χ4v) is 4.70. The number of thiophene rings is 1. The lowest BCUT2D eigenvalue weighted by Gasteiger charge is -2.25. The Hall–Kier alpha value is -0.650. The quantitative estimate of drug-likeness (QED) is 0.654. The topological polar surface area (TPSA) is 20.3 Å². The lowest BCUT2D eigenvalue weighted by atomic mass is 10.1. The average Bonchev–Trinajstić information content (AvgIpc) is 2.76. The molecule has 0 spiro atoms. The van der Waals surface area contributed by atoms with E-state index in [1.165, 1.54) is 16.9 Å². The molecule has 1 heterocycles. The molecule has 1 atom stereocenters. The molecule has 0 aliphatic heterocycles. The van der Waals surface area contributed by atoms with Crippen LogP contribution in [0.1, 0.15) is 34.5 Å². The molecule has 1 unspecified atom stereocenters. The Bertz CT molecular complexity index is 621. The van der Waals surface area contributed by atoms with Gasteiger partial charge < -0.3 is 4.90 Å². The minimum Gasteiger partial charge on any atom is -0.335 e. The highest BCUT2D eigenvalue weighted by Crippen LogP contribution is 2.33. The number of aryl methyl sites for hydroxylation is 1. The zero-order valence-corrected chi connectivity index (χ0v) is 15.5. The molecule has 1 aromatic heterocycles. The zero-order valence-electron chi connectivity index (χ0n) is 11.5. The van der Waals surface area contributed by atoms with Crippen molar-refractivity contribution in [3.05, 3.63) is 54.6 Å². The van der Waals surface area contributed by atoms with Gasteiger partial charge in [-0.15, -0.1) is 11.3 Å². The minimum atomic E-state index is 0.0203. The second-order valence-corrected chi connectivity index (χ2v) is 8.49. The third-order valence-electron chi connectivity index (χ3n) is 3.35. The summed E-state index contributed by atoms with van der Waals surface area (Å²) in [5.41, 5.74) is 3.06. The van der Waals surface area contributed by atoms with Gasteiger partial charge in [-0.1, -0.05) is 29.8 Å². The second-order valence-electron chi connectivity index (χ2n) is 4.74. The van der Waals surface area contributed by atoms with E-state index in [1.54, 1.807) is 4.90 Å². The van der Waals surface area contributed by atoms with Gasteiger partial charge >= 0.3 is 0 Å². The molecular weight excluding hydrogens is 402 g/mol. The standard InChI is InChI=1S/C15H15Br2NOS/c1-9-4-6-11(7-5-9)10(2)18(3)15(19)12-8-13(16)20-14(12)17/h4-8,10H,1-3H3. The van der Waals surface area contributed by atoms with Crippen molar-refractivity contribution in [2.24, 2.45) is 0 Å². The van der Waals surface area contributed by atoms with Gasteiger partial charge in [-0.2, -0.15) is 0 Å². The number of hydrogen-bond acceptors (Lipinski definition) is 2. The average molecular weight is 417 g/mol. The molecule has 0 radical (unpaired) electrons. The van der Waals surface area contributed by atoms with Crippen molar-refractivity contribution < 1.29 is 4.79 Å². The first-order valence-corrected chi connectivity index (χ1v) is 8.59. The van der Waals surface area contributed by atoms with Gasteiger partial charge in [0.1, 0.15) is 0 Å². The molecule has 2 rings (SSSR count). The third kappa shape index (κ3) is 3.32. The molecule has 0 bridgehead atoms. The normalized spacial score (nSPS) is 12.2. The van der Waals surface area contributed by atoms with Crippen LogP contribution in [-0.2, 0) is 0 Å². The maximum atomic E-state index is 12.5. The zero-order chi connectivity index (χ0) is 14.9. The fourth-order valence-electron chi connectivity index (χ4n) is 1.92. The van der Waals surface area contributed by atoms with E-state index >= 15 is 0 Å². The summed E-state index contributed by atoms with van der Waals surface area (Å²) >= 11 is 8.36. The summed E-state index contributed by atoms with van der Waals surface area (Å²) in [4.78, 5) is 14.3. The Labute approximate surface area is 140 Å². The number of amides is 1. The summed E-state index contributed by atoms with van der Waals surface area (Å²) in [5.74, 6) is 0.0203. The van der Waals surface area contributed by atoms with Crippen LogP contribution in [-0.4, -0.2) is 17.9 Å². The van der Waals surface area contributed by atoms with Gasteiger partial charge in [0.2, 0.25) is 0 Å². The number of halogens is 2. The van der Waals surface area contributed by atoms with Gasteiger partial charge in [0.25, 0.3) is 5.91 Å². The van der Waals surface area contributed by atoms with Crippen LogP contribution in [0.25, 0.3) is 0 Å². The van der Waals surface area contributed by atoms with Gasteiger partial charge in [0.15, 0.2) is 0 Å². The van der Waals surface area contributed by atoms with Crippen LogP contribution in [0.15, 0.2) is 37.9 Å². The highest BCUT2D eigenvalue weighted by atomic mass is 79.9. The van der Waals surface area contributed by atoms with E-state index in [-0.39, 0.29) is 11.9 Å². The Morgan fingerprint density at radius 2 is 1.85 bits per heavy atom. The summed E-state index contributed by atoms with van der Waals surface area (Å²) in [6, 6.07) is 10.2. The SMILES string of the molecule is Cc1ccc(C(C)N(C)C(=O)c2cc(Br)sc2Br)cc1. The van der Waals surface area contributed by atoms with Crippen molar-refractivity contribution in [1.29, 1.82) is 0 Å². The van der Waals surface area contributed by atoms with Crippen LogP contribution in [0.5, 0.6) is 0 Å². The molecule has 0 N–H and O–H groups in total. The number of benzene rings is 1. The molecule has 5 heteroatoms. The maximum Gasteiger partial charge on any atom is 0.256 e. The van der Waals surface area contributed by atoms with Gasteiger partial charge in [-0.05, 0) is 57.3 Å². The van der Waals surface area contributed by atoms with Crippen molar-refractivity contribution in [1.82, 2.24) is 4.90 Å². The summed E-state index contributed by atoms with van der Waals surface area (Å²) in [7, 11) is 1.84. The predicted molar refractivity (Wildman–Crippen MR) is 91.4 cm³/mol. The van der Waals surface area contributed by atoms with Crippen molar-refractivity contribution in [3.8, 4) is 0 Å². The minimum absolute atomic E-state index is 0.0203. The molecular formula is C15H15Br2NOS. The summed E-state index contributed by atoms with van der Waals surface area (Å²) in [6.45, 7) is 4.10. The highest BCUT2D eigenvalue weighted by molar-refractivity contribution is 9.12. The molecule has 1 aromatic carbocycles. The molecule has 1 amide bonds. The van der Waals surface area contributed by atoms with Crippen LogP contribution in [0.3, 0.4) is 0 Å². The van der Waals surface area contributed by atoms with Crippen LogP contribution < -0.4 is 0 Å².